The van der Waals surface area contributed by atoms with Crippen molar-refractivity contribution in [3.05, 3.63) is 11.7 Å². The van der Waals surface area contributed by atoms with Crippen molar-refractivity contribution >= 4 is 11.8 Å². The molecule has 1 aromatic rings. The van der Waals surface area contributed by atoms with Gasteiger partial charge in [0, 0.05) is 11.7 Å². The average molecular weight is 257 g/mol. The van der Waals surface area contributed by atoms with E-state index in [1.54, 1.807) is 0 Å². The second kappa shape index (κ2) is 7.71. The summed E-state index contributed by atoms with van der Waals surface area (Å²) in [5.41, 5.74) is 5.66. The van der Waals surface area contributed by atoms with Gasteiger partial charge in [-0.05, 0) is 18.9 Å². The Bertz CT molecular complexity index is 312. The van der Waals surface area contributed by atoms with Crippen molar-refractivity contribution in [3.63, 3.8) is 0 Å². The molecule has 0 fully saturated rings. The van der Waals surface area contributed by atoms with Crippen LogP contribution in [-0.4, -0.2) is 21.9 Å². The van der Waals surface area contributed by atoms with Gasteiger partial charge in [0.2, 0.25) is 5.89 Å². The smallest absolute Gasteiger partial charge is 0.226 e. The molecular weight excluding hydrogens is 234 g/mol. The molecule has 0 aliphatic carbocycles. The zero-order valence-electron chi connectivity index (χ0n) is 11.0. The SMILES string of the molecule is CCC(CN)Cc1nc(CSC(C)CC)no1. The fourth-order valence-electron chi connectivity index (χ4n) is 1.41. The third kappa shape index (κ3) is 5.08. The summed E-state index contributed by atoms with van der Waals surface area (Å²) in [5, 5.41) is 4.64. The average Bonchev–Trinajstić information content (AvgIpc) is 2.80. The van der Waals surface area contributed by atoms with Gasteiger partial charge in [-0.25, -0.2) is 0 Å². The Morgan fingerprint density at radius 1 is 1.35 bits per heavy atom. The fraction of sp³-hybridized carbons (Fsp3) is 0.833. The maximum atomic E-state index is 5.66. The zero-order chi connectivity index (χ0) is 12.7. The highest BCUT2D eigenvalue weighted by molar-refractivity contribution is 7.99. The summed E-state index contributed by atoms with van der Waals surface area (Å²) in [6, 6.07) is 0. The van der Waals surface area contributed by atoms with Crippen LogP contribution in [0.1, 0.15) is 45.3 Å². The van der Waals surface area contributed by atoms with Crippen molar-refractivity contribution in [2.45, 2.75) is 51.0 Å². The minimum atomic E-state index is 0.450. The number of hydrogen-bond acceptors (Lipinski definition) is 5. The second-order valence-electron chi connectivity index (χ2n) is 4.35. The molecule has 1 rings (SSSR count). The minimum Gasteiger partial charge on any atom is -0.339 e. The molecule has 2 N–H and O–H groups in total. The third-order valence-electron chi connectivity index (χ3n) is 2.96. The Balaban J connectivity index is 2.42. The van der Waals surface area contributed by atoms with Crippen LogP contribution in [0.25, 0.3) is 0 Å². The van der Waals surface area contributed by atoms with Gasteiger partial charge in [-0.2, -0.15) is 16.7 Å². The summed E-state index contributed by atoms with van der Waals surface area (Å²) in [6.07, 6.45) is 3.02. The van der Waals surface area contributed by atoms with Crippen molar-refractivity contribution in [1.82, 2.24) is 10.1 Å². The first-order chi connectivity index (χ1) is 8.19. The molecule has 17 heavy (non-hydrogen) atoms. The van der Waals surface area contributed by atoms with Crippen LogP contribution < -0.4 is 5.73 Å². The molecular formula is C12H23N3OS. The minimum absolute atomic E-state index is 0.450. The predicted octanol–water partition coefficient (Wildman–Crippen LogP) is 2.63. The van der Waals surface area contributed by atoms with Gasteiger partial charge in [0.05, 0.1) is 5.75 Å². The number of rotatable bonds is 8. The van der Waals surface area contributed by atoms with Crippen molar-refractivity contribution in [2.75, 3.05) is 6.54 Å². The van der Waals surface area contributed by atoms with Gasteiger partial charge in [-0.1, -0.05) is 32.3 Å². The van der Waals surface area contributed by atoms with E-state index in [1.165, 1.54) is 6.42 Å². The standard InChI is InChI=1S/C12H23N3OS/c1-4-9(3)17-8-11-14-12(16-15-11)6-10(5-2)7-13/h9-10H,4-8,13H2,1-3H3. The summed E-state index contributed by atoms with van der Waals surface area (Å²) >= 11 is 1.86. The molecule has 1 aromatic heterocycles. The van der Waals surface area contributed by atoms with Gasteiger partial charge in [0.15, 0.2) is 5.82 Å². The highest BCUT2D eigenvalue weighted by atomic mass is 32.2. The Kier molecular flexibility index (Phi) is 6.58. The van der Waals surface area contributed by atoms with Gasteiger partial charge in [-0.15, -0.1) is 0 Å². The monoisotopic (exact) mass is 257 g/mol. The number of nitrogens with zero attached hydrogens (tertiary/aromatic N) is 2. The van der Waals surface area contributed by atoms with Gasteiger partial charge >= 0.3 is 0 Å². The summed E-state index contributed by atoms with van der Waals surface area (Å²) in [6.45, 7) is 7.21. The lowest BCUT2D eigenvalue weighted by atomic mass is 10.0. The molecule has 0 amide bonds. The lowest BCUT2D eigenvalue weighted by Gasteiger charge is -2.07. The van der Waals surface area contributed by atoms with Gasteiger partial charge in [0.1, 0.15) is 0 Å². The molecule has 0 saturated carbocycles. The quantitative estimate of drug-likeness (QED) is 0.775. The zero-order valence-corrected chi connectivity index (χ0v) is 11.8. The Labute approximate surface area is 108 Å². The summed E-state index contributed by atoms with van der Waals surface area (Å²) in [4.78, 5) is 4.40. The molecule has 0 saturated heterocycles. The first-order valence-electron chi connectivity index (χ1n) is 6.32. The van der Waals surface area contributed by atoms with Crippen LogP contribution in [0, 0.1) is 5.92 Å². The van der Waals surface area contributed by atoms with E-state index in [9.17, 15) is 0 Å². The predicted molar refractivity (Wildman–Crippen MR) is 71.9 cm³/mol. The molecule has 0 spiro atoms. The van der Waals surface area contributed by atoms with E-state index in [0.717, 1.165) is 30.3 Å². The van der Waals surface area contributed by atoms with Crippen LogP contribution in [0.4, 0.5) is 0 Å². The molecule has 98 valence electrons. The van der Waals surface area contributed by atoms with Gasteiger partial charge in [0.25, 0.3) is 0 Å². The number of thioether (sulfide) groups is 1. The van der Waals surface area contributed by atoms with E-state index < -0.39 is 0 Å². The Morgan fingerprint density at radius 3 is 2.71 bits per heavy atom. The van der Waals surface area contributed by atoms with E-state index in [2.05, 4.69) is 30.9 Å². The molecule has 0 bridgehead atoms. The Morgan fingerprint density at radius 2 is 2.12 bits per heavy atom. The molecule has 0 radical (unpaired) electrons. The number of aromatic nitrogens is 2. The maximum absolute atomic E-state index is 5.66. The van der Waals surface area contributed by atoms with Crippen LogP contribution in [0.15, 0.2) is 4.52 Å². The topological polar surface area (TPSA) is 64.9 Å². The first kappa shape index (κ1) is 14.5. The van der Waals surface area contributed by atoms with E-state index in [1.807, 2.05) is 11.8 Å². The summed E-state index contributed by atoms with van der Waals surface area (Å²) in [7, 11) is 0. The van der Waals surface area contributed by atoms with E-state index in [-0.39, 0.29) is 0 Å². The highest BCUT2D eigenvalue weighted by Crippen LogP contribution is 2.18. The van der Waals surface area contributed by atoms with Crippen molar-refractivity contribution < 1.29 is 4.52 Å². The lowest BCUT2D eigenvalue weighted by Crippen LogP contribution is -2.16. The second-order valence-corrected chi connectivity index (χ2v) is 5.78. The van der Waals surface area contributed by atoms with Crippen molar-refractivity contribution in [1.29, 1.82) is 0 Å². The van der Waals surface area contributed by atoms with Crippen LogP contribution in [0.2, 0.25) is 0 Å². The van der Waals surface area contributed by atoms with E-state index in [0.29, 0.717) is 17.7 Å². The van der Waals surface area contributed by atoms with Gasteiger partial charge < -0.3 is 10.3 Å². The van der Waals surface area contributed by atoms with Crippen molar-refractivity contribution in [2.24, 2.45) is 11.7 Å². The molecule has 5 heteroatoms. The van der Waals surface area contributed by atoms with E-state index in [4.69, 9.17) is 10.3 Å². The third-order valence-corrected chi connectivity index (χ3v) is 4.28. The van der Waals surface area contributed by atoms with Crippen LogP contribution >= 0.6 is 11.8 Å². The summed E-state index contributed by atoms with van der Waals surface area (Å²) < 4.78 is 5.23. The molecule has 4 nitrogen and oxygen atoms in total. The van der Waals surface area contributed by atoms with Crippen LogP contribution in [0.5, 0.6) is 0 Å². The number of hydrogen-bond donors (Lipinski definition) is 1. The molecule has 0 aliphatic rings. The van der Waals surface area contributed by atoms with Crippen LogP contribution in [-0.2, 0) is 12.2 Å². The molecule has 2 atom stereocenters. The van der Waals surface area contributed by atoms with Gasteiger partial charge in [-0.3, -0.25) is 0 Å². The number of nitrogens with two attached hydrogens (primary N) is 1. The molecule has 0 aliphatic heterocycles. The van der Waals surface area contributed by atoms with Crippen LogP contribution in [0.3, 0.4) is 0 Å². The Hall–Kier alpha value is -0.550. The molecule has 0 aromatic carbocycles. The molecule has 2 unspecified atom stereocenters. The van der Waals surface area contributed by atoms with E-state index >= 15 is 0 Å². The van der Waals surface area contributed by atoms with Crippen molar-refractivity contribution in [3.8, 4) is 0 Å². The molecule has 1 heterocycles. The first-order valence-corrected chi connectivity index (χ1v) is 7.37. The fourth-order valence-corrected chi connectivity index (χ4v) is 2.19. The summed E-state index contributed by atoms with van der Waals surface area (Å²) in [5.74, 6) is 2.81. The highest BCUT2D eigenvalue weighted by Gasteiger charge is 2.12. The largest absolute Gasteiger partial charge is 0.339 e. The lowest BCUT2D eigenvalue weighted by molar-refractivity contribution is 0.348. The normalized spacial score (nSPS) is 14.8. The maximum Gasteiger partial charge on any atom is 0.226 e.